The van der Waals surface area contributed by atoms with Crippen LogP contribution in [0.5, 0.6) is 0 Å². The molecule has 1 aliphatic rings. The lowest BCUT2D eigenvalue weighted by atomic mass is 10.1. The number of amides is 1. The second-order valence-electron chi connectivity index (χ2n) is 6.45. The number of aryl methyl sites for hydroxylation is 1. The van der Waals surface area contributed by atoms with Gasteiger partial charge in [-0.25, -0.2) is 4.68 Å². The van der Waals surface area contributed by atoms with Crippen molar-refractivity contribution in [1.29, 1.82) is 0 Å². The van der Waals surface area contributed by atoms with Crippen LogP contribution in [0.3, 0.4) is 0 Å². The Hall–Kier alpha value is -2.14. The molecular weight excluding hydrogens is 338 g/mol. The maximum atomic E-state index is 13.1. The Morgan fingerprint density at radius 3 is 2.56 bits per heavy atom. The van der Waals surface area contributed by atoms with Gasteiger partial charge in [0.15, 0.2) is 0 Å². The van der Waals surface area contributed by atoms with Gasteiger partial charge in [0.05, 0.1) is 6.04 Å². The summed E-state index contributed by atoms with van der Waals surface area (Å²) in [5.74, 6) is -0.130. The molecule has 1 saturated carbocycles. The van der Waals surface area contributed by atoms with Crippen LogP contribution in [0, 0.1) is 0 Å². The number of rotatable bonds is 6. The molecule has 1 aliphatic carbocycles. The summed E-state index contributed by atoms with van der Waals surface area (Å²) in [5, 5.41) is 4.95. The summed E-state index contributed by atoms with van der Waals surface area (Å²) in [7, 11) is 0. The third-order valence-corrected chi connectivity index (χ3v) is 4.72. The van der Waals surface area contributed by atoms with Crippen LogP contribution in [0.4, 0.5) is 0 Å². The molecule has 1 aromatic heterocycles. The fraction of sp³-hybridized carbons (Fsp3) is 0.421. The smallest absolute Gasteiger partial charge is 0.275 e. The highest BCUT2D eigenvalue weighted by atomic mass is 35.5. The first-order chi connectivity index (χ1) is 12.0. The molecule has 25 heavy (non-hydrogen) atoms. The molecule has 0 bridgehead atoms. The van der Waals surface area contributed by atoms with Gasteiger partial charge in [-0.2, -0.15) is 5.10 Å². The second kappa shape index (κ2) is 7.40. The highest BCUT2D eigenvalue weighted by Crippen LogP contribution is 2.35. The predicted molar refractivity (Wildman–Crippen MR) is 97.8 cm³/mol. The average molecular weight is 360 g/mol. The minimum atomic E-state index is -0.179. The van der Waals surface area contributed by atoms with Gasteiger partial charge < -0.3 is 4.90 Å². The van der Waals surface area contributed by atoms with E-state index in [1.54, 1.807) is 0 Å². The first kappa shape index (κ1) is 17.7. The van der Waals surface area contributed by atoms with Crippen LogP contribution in [-0.4, -0.2) is 26.6 Å². The quantitative estimate of drug-likeness (QED) is 0.790. The van der Waals surface area contributed by atoms with Gasteiger partial charge in [-0.05, 0) is 49.9 Å². The summed E-state index contributed by atoms with van der Waals surface area (Å²) in [4.78, 5) is 26.8. The zero-order valence-corrected chi connectivity index (χ0v) is 15.2. The van der Waals surface area contributed by atoms with Crippen molar-refractivity contribution in [3.63, 3.8) is 0 Å². The maximum Gasteiger partial charge on any atom is 0.275 e. The predicted octanol–water partition coefficient (Wildman–Crippen LogP) is 3.67. The van der Waals surface area contributed by atoms with Crippen LogP contribution in [0.25, 0.3) is 0 Å². The Bertz CT molecular complexity index is 812. The van der Waals surface area contributed by atoms with Crippen LogP contribution in [0.1, 0.15) is 55.2 Å². The lowest BCUT2D eigenvalue weighted by molar-refractivity contribution is 0.0664. The lowest BCUT2D eigenvalue weighted by Crippen LogP contribution is -2.37. The maximum absolute atomic E-state index is 13.1. The molecule has 0 radical (unpaired) electrons. The molecule has 0 saturated heterocycles. The van der Waals surface area contributed by atoms with E-state index in [-0.39, 0.29) is 23.6 Å². The monoisotopic (exact) mass is 359 g/mol. The van der Waals surface area contributed by atoms with E-state index < -0.39 is 0 Å². The summed E-state index contributed by atoms with van der Waals surface area (Å²) in [6.45, 7) is 4.50. The van der Waals surface area contributed by atoms with Crippen molar-refractivity contribution < 1.29 is 4.79 Å². The Morgan fingerprint density at radius 2 is 1.96 bits per heavy atom. The van der Waals surface area contributed by atoms with E-state index in [2.05, 4.69) is 5.10 Å². The zero-order valence-electron chi connectivity index (χ0n) is 14.5. The van der Waals surface area contributed by atoms with E-state index in [0.29, 0.717) is 17.3 Å². The van der Waals surface area contributed by atoms with Gasteiger partial charge in [-0.15, -0.1) is 0 Å². The molecule has 2 aromatic rings. The molecule has 1 fully saturated rings. The molecule has 1 heterocycles. The fourth-order valence-corrected chi connectivity index (χ4v) is 3.11. The largest absolute Gasteiger partial charge is 0.328 e. The van der Waals surface area contributed by atoms with E-state index in [1.807, 2.05) is 43.0 Å². The molecular formula is C19H22ClN3O2. The van der Waals surface area contributed by atoms with Crippen molar-refractivity contribution in [2.45, 2.75) is 51.7 Å². The summed E-state index contributed by atoms with van der Waals surface area (Å²) >= 11 is 5.97. The van der Waals surface area contributed by atoms with Gasteiger partial charge in [0.2, 0.25) is 0 Å². The lowest BCUT2D eigenvalue weighted by Gasteiger charge is -2.29. The van der Waals surface area contributed by atoms with Crippen LogP contribution in [0.15, 0.2) is 41.2 Å². The number of nitrogens with zero attached hydrogens (tertiary/aromatic N) is 3. The number of halogens is 1. The molecule has 0 unspecified atom stereocenters. The normalized spacial score (nSPS) is 15.0. The molecule has 3 rings (SSSR count). The molecule has 1 amide bonds. The number of carbonyl (C=O) groups excluding carboxylic acids is 1. The standard InChI is InChI=1S/C19H22ClN3O2/c1-3-12-22-18(24)11-10-17(21-22)19(25)23(16-8-9-16)13(2)14-4-6-15(20)7-5-14/h4-7,10-11,13,16H,3,8-9,12H2,1-2H3/t13-/m0/s1. The number of hydrogen-bond donors (Lipinski definition) is 0. The van der Waals surface area contributed by atoms with Crippen molar-refractivity contribution in [3.05, 3.63) is 63.0 Å². The highest BCUT2D eigenvalue weighted by Gasteiger charge is 2.37. The van der Waals surface area contributed by atoms with Gasteiger partial charge >= 0.3 is 0 Å². The molecule has 0 spiro atoms. The Kier molecular flexibility index (Phi) is 5.23. The molecule has 1 atom stereocenters. The minimum Gasteiger partial charge on any atom is -0.328 e. The third kappa shape index (κ3) is 3.93. The minimum absolute atomic E-state index is 0.0781. The highest BCUT2D eigenvalue weighted by molar-refractivity contribution is 6.30. The van der Waals surface area contributed by atoms with Gasteiger partial charge in [0.25, 0.3) is 11.5 Å². The molecule has 0 aliphatic heterocycles. The van der Waals surface area contributed by atoms with Gasteiger partial charge in [-0.1, -0.05) is 30.7 Å². The van der Waals surface area contributed by atoms with Crippen molar-refractivity contribution in [2.24, 2.45) is 0 Å². The number of hydrogen-bond acceptors (Lipinski definition) is 3. The fourth-order valence-electron chi connectivity index (χ4n) is 2.98. The summed E-state index contributed by atoms with van der Waals surface area (Å²) in [6, 6.07) is 10.7. The van der Waals surface area contributed by atoms with Gasteiger partial charge in [0, 0.05) is 23.7 Å². The van der Waals surface area contributed by atoms with Crippen LogP contribution < -0.4 is 5.56 Å². The van der Waals surface area contributed by atoms with Crippen LogP contribution in [0.2, 0.25) is 5.02 Å². The zero-order chi connectivity index (χ0) is 18.0. The van der Waals surface area contributed by atoms with Crippen molar-refractivity contribution in [1.82, 2.24) is 14.7 Å². The van der Waals surface area contributed by atoms with E-state index in [9.17, 15) is 9.59 Å². The summed E-state index contributed by atoms with van der Waals surface area (Å²) in [5.41, 5.74) is 1.18. The van der Waals surface area contributed by atoms with E-state index in [1.165, 1.54) is 16.8 Å². The summed E-state index contributed by atoms with van der Waals surface area (Å²) in [6.07, 6.45) is 2.79. The SMILES string of the molecule is CCCn1nc(C(=O)N(C2CC2)[C@@H](C)c2ccc(Cl)cc2)ccc1=O. The Morgan fingerprint density at radius 1 is 1.28 bits per heavy atom. The Balaban J connectivity index is 1.90. The topological polar surface area (TPSA) is 55.2 Å². The average Bonchev–Trinajstić information content (AvgIpc) is 3.42. The van der Waals surface area contributed by atoms with Crippen LogP contribution >= 0.6 is 11.6 Å². The van der Waals surface area contributed by atoms with E-state index >= 15 is 0 Å². The molecule has 1 aromatic carbocycles. The van der Waals surface area contributed by atoms with Crippen molar-refractivity contribution in [3.8, 4) is 0 Å². The van der Waals surface area contributed by atoms with Gasteiger partial charge in [-0.3, -0.25) is 9.59 Å². The number of carbonyl (C=O) groups is 1. The molecule has 6 heteroatoms. The number of aromatic nitrogens is 2. The van der Waals surface area contributed by atoms with E-state index in [0.717, 1.165) is 24.8 Å². The van der Waals surface area contributed by atoms with Gasteiger partial charge in [0.1, 0.15) is 5.69 Å². The summed E-state index contributed by atoms with van der Waals surface area (Å²) < 4.78 is 1.37. The van der Waals surface area contributed by atoms with E-state index in [4.69, 9.17) is 11.6 Å². The number of benzene rings is 1. The first-order valence-electron chi connectivity index (χ1n) is 8.67. The molecule has 132 valence electrons. The van der Waals surface area contributed by atoms with Crippen LogP contribution in [-0.2, 0) is 6.54 Å². The Labute approximate surface area is 152 Å². The third-order valence-electron chi connectivity index (χ3n) is 4.47. The molecule has 5 nitrogen and oxygen atoms in total. The van der Waals surface area contributed by atoms with Crippen molar-refractivity contribution >= 4 is 17.5 Å². The van der Waals surface area contributed by atoms with Crippen molar-refractivity contribution in [2.75, 3.05) is 0 Å². The first-order valence-corrected chi connectivity index (χ1v) is 9.05. The second-order valence-corrected chi connectivity index (χ2v) is 6.89. The molecule has 0 N–H and O–H groups in total.